The van der Waals surface area contributed by atoms with Gasteiger partial charge < -0.3 is 10.6 Å². The highest BCUT2D eigenvalue weighted by Gasteiger charge is 2.36. The van der Waals surface area contributed by atoms with Gasteiger partial charge in [0, 0.05) is 17.8 Å². The standard InChI is InChI=1S/C11H21N3S/c1-14(9-4-5-9)10(12)13-8-11(15-2)6-3-7-11/h9H,3-8H2,1-2H3,(H2,12,13). The van der Waals surface area contributed by atoms with E-state index in [0.717, 1.165) is 12.5 Å². The minimum atomic E-state index is 0.412. The molecule has 0 aliphatic heterocycles. The highest BCUT2D eigenvalue weighted by Crippen LogP contribution is 2.42. The summed E-state index contributed by atoms with van der Waals surface area (Å²) < 4.78 is 0.412. The second-order valence-electron chi connectivity index (χ2n) is 4.76. The number of aliphatic imine (C=N–C) groups is 1. The number of rotatable bonds is 4. The van der Waals surface area contributed by atoms with Crippen molar-refractivity contribution in [2.45, 2.75) is 42.9 Å². The molecule has 2 saturated carbocycles. The van der Waals surface area contributed by atoms with Crippen molar-refractivity contribution in [1.29, 1.82) is 0 Å². The molecule has 0 aromatic rings. The zero-order valence-electron chi connectivity index (χ0n) is 9.70. The molecule has 0 spiro atoms. The van der Waals surface area contributed by atoms with E-state index in [1.165, 1.54) is 32.1 Å². The van der Waals surface area contributed by atoms with Crippen LogP contribution in [0.15, 0.2) is 4.99 Å². The van der Waals surface area contributed by atoms with Crippen LogP contribution in [0.3, 0.4) is 0 Å². The van der Waals surface area contributed by atoms with Gasteiger partial charge in [0.1, 0.15) is 0 Å². The molecule has 2 aliphatic rings. The summed E-state index contributed by atoms with van der Waals surface area (Å²) >= 11 is 1.96. The van der Waals surface area contributed by atoms with Crippen LogP contribution in [0.25, 0.3) is 0 Å². The zero-order chi connectivity index (χ0) is 10.9. The molecule has 2 rings (SSSR count). The average Bonchev–Trinajstić information content (AvgIpc) is 2.98. The van der Waals surface area contributed by atoms with E-state index in [1.54, 1.807) is 0 Å². The van der Waals surface area contributed by atoms with Gasteiger partial charge in [-0.25, -0.2) is 0 Å². The molecule has 2 N–H and O–H groups in total. The summed E-state index contributed by atoms with van der Waals surface area (Å²) in [5.41, 5.74) is 5.97. The molecule has 0 aromatic carbocycles. The largest absolute Gasteiger partial charge is 0.370 e. The lowest BCUT2D eigenvalue weighted by Crippen LogP contribution is -2.40. The Kier molecular flexibility index (Phi) is 3.14. The van der Waals surface area contributed by atoms with Crippen LogP contribution in [0, 0.1) is 0 Å². The minimum Gasteiger partial charge on any atom is -0.370 e. The van der Waals surface area contributed by atoms with Gasteiger partial charge in [0.2, 0.25) is 0 Å². The number of nitrogens with two attached hydrogens (primary N) is 1. The Morgan fingerprint density at radius 2 is 2.20 bits per heavy atom. The maximum absolute atomic E-state index is 5.97. The lowest BCUT2D eigenvalue weighted by molar-refractivity contribution is 0.370. The molecule has 86 valence electrons. The van der Waals surface area contributed by atoms with Crippen LogP contribution in [0.2, 0.25) is 0 Å². The summed E-state index contributed by atoms with van der Waals surface area (Å²) in [5, 5.41) is 0. The molecule has 0 radical (unpaired) electrons. The molecule has 0 saturated heterocycles. The quantitative estimate of drug-likeness (QED) is 0.587. The van der Waals surface area contributed by atoms with E-state index in [2.05, 4.69) is 23.2 Å². The molecule has 3 nitrogen and oxygen atoms in total. The first kappa shape index (κ1) is 11.1. The highest BCUT2D eigenvalue weighted by atomic mass is 32.2. The number of thioether (sulfide) groups is 1. The maximum Gasteiger partial charge on any atom is 0.191 e. The molecule has 15 heavy (non-hydrogen) atoms. The summed E-state index contributed by atoms with van der Waals surface area (Å²) in [7, 11) is 2.06. The van der Waals surface area contributed by atoms with E-state index < -0.39 is 0 Å². The fourth-order valence-electron chi connectivity index (χ4n) is 1.98. The van der Waals surface area contributed by atoms with Crippen LogP contribution in [0.1, 0.15) is 32.1 Å². The van der Waals surface area contributed by atoms with E-state index in [9.17, 15) is 0 Å². The lowest BCUT2D eigenvalue weighted by Gasteiger charge is -2.39. The third-order valence-electron chi connectivity index (χ3n) is 3.68. The Morgan fingerprint density at radius 3 is 2.60 bits per heavy atom. The van der Waals surface area contributed by atoms with Crippen LogP contribution >= 0.6 is 11.8 Å². The SMILES string of the molecule is CSC1(CN=C(N)N(C)C2CC2)CCC1. The first-order valence-electron chi connectivity index (χ1n) is 5.75. The van der Waals surface area contributed by atoms with E-state index in [-0.39, 0.29) is 0 Å². The molecule has 0 amide bonds. The number of hydrogen-bond acceptors (Lipinski definition) is 2. The van der Waals surface area contributed by atoms with E-state index in [4.69, 9.17) is 5.73 Å². The molecule has 2 fully saturated rings. The van der Waals surface area contributed by atoms with Crippen molar-refractivity contribution in [3.63, 3.8) is 0 Å². The second kappa shape index (κ2) is 4.24. The fraction of sp³-hybridized carbons (Fsp3) is 0.909. The molecule has 2 aliphatic carbocycles. The Morgan fingerprint density at radius 1 is 1.53 bits per heavy atom. The molecular weight excluding hydrogens is 206 g/mol. The first-order valence-corrected chi connectivity index (χ1v) is 6.97. The first-order chi connectivity index (χ1) is 7.17. The fourth-order valence-corrected chi connectivity index (χ4v) is 2.87. The lowest BCUT2D eigenvalue weighted by atomic mass is 9.84. The zero-order valence-corrected chi connectivity index (χ0v) is 10.5. The van der Waals surface area contributed by atoms with Gasteiger partial charge in [-0.05, 0) is 31.9 Å². The minimum absolute atomic E-state index is 0.412. The van der Waals surface area contributed by atoms with Gasteiger partial charge in [0.25, 0.3) is 0 Å². The molecular formula is C11H21N3S. The van der Waals surface area contributed by atoms with E-state index >= 15 is 0 Å². The summed E-state index contributed by atoms with van der Waals surface area (Å²) in [6.07, 6.45) is 8.71. The van der Waals surface area contributed by atoms with Crippen LogP contribution in [-0.2, 0) is 0 Å². The van der Waals surface area contributed by atoms with Gasteiger partial charge in [0.05, 0.1) is 6.54 Å². The molecule has 4 heteroatoms. The third kappa shape index (κ3) is 2.41. The van der Waals surface area contributed by atoms with Crippen LogP contribution in [-0.4, -0.2) is 41.5 Å². The topological polar surface area (TPSA) is 41.6 Å². The van der Waals surface area contributed by atoms with Crippen LogP contribution < -0.4 is 5.73 Å². The summed E-state index contributed by atoms with van der Waals surface area (Å²) in [6.45, 7) is 0.900. The monoisotopic (exact) mass is 227 g/mol. The van der Waals surface area contributed by atoms with Gasteiger partial charge in [-0.3, -0.25) is 4.99 Å². The van der Waals surface area contributed by atoms with Gasteiger partial charge >= 0.3 is 0 Å². The highest BCUT2D eigenvalue weighted by molar-refractivity contribution is 8.00. The van der Waals surface area contributed by atoms with Crippen molar-refractivity contribution in [1.82, 2.24) is 4.90 Å². The number of nitrogens with zero attached hydrogens (tertiary/aromatic N) is 2. The van der Waals surface area contributed by atoms with Crippen LogP contribution in [0.4, 0.5) is 0 Å². The molecule has 0 unspecified atom stereocenters. The Labute approximate surface area is 96.5 Å². The predicted molar refractivity (Wildman–Crippen MR) is 67.4 cm³/mol. The van der Waals surface area contributed by atoms with Gasteiger partial charge in [-0.15, -0.1) is 0 Å². The Balaban J connectivity index is 1.86. The summed E-state index contributed by atoms with van der Waals surface area (Å²) in [6, 6.07) is 0.667. The number of guanidine groups is 1. The molecule has 0 bridgehead atoms. The van der Waals surface area contributed by atoms with Crippen molar-refractivity contribution < 1.29 is 0 Å². The predicted octanol–water partition coefficient (Wildman–Crippen LogP) is 1.68. The Hall–Kier alpha value is -0.380. The van der Waals surface area contributed by atoms with Crippen molar-refractivity contribution in [2.24, 2.45) is 10.7 Å². The van der Waals surface area contributed by atoms with Crippen molar-refractivity contribution in [3.8, 4) is 0 Å². The molecule has 0 atom stereocenters. The summed E-state index contributed by atoms with van der Waals surface area (Å²) in [5.74, 6) is 0.734. The Bertz CT molecular complexity index is 251. The smallest absolute Gasteiger partial charge is 0.191 e. The van der Waals surface area contributed by atoms with E-state index in [1.807, 2.05) is 11.8 Å². The molecule has 0 aromatic heterocycles. The van der Waals surface area contributed by atoms with Crippen LogP contribution in [0.5, 0.6) is 0 Å². The van der Waals surface area contributed by atoms with Crippen molar-refractivity contribution in [2.75, 3.05) is 19.8 Å². The van der Waals surface area contributed by atoms with Crippen molar-refractivity contribution in [3.05, 3.63) is 0 Å². The second-order valence-corrected chi connectivity index (χ2v) is 6.03. The molecule has 0 heterocycles. The normalized spacial score (nSPS) is 24.8. The third-order valence-corrected chi connectivity index (χ3v) is 5.09. The maximum atomic E-state index is 5.97. The van der Waals surface area contributed by atoms with Gasteiger partial charge in [0.15, 0.2) is 5.96 Å². The average molecular weight is 227 g/mol. The van der Waals surface area contributed by atoms with E-state index in [0.29, 0.717) is 10.8 Å². The van der Waals surface area contributed by atoms with Gasteiger partial charge in [-0.1, -0.05) is 6.42 Å². The number of hydrogen-bond donors (Lipinski definition) is 1. The summed E-state index contributed by atoms with van der Waals surface area (Å²) in [4.78, 5) is 6.68. The van der Waals surface area contributed by atoms with Crippen molar-refractivity contribution >= 4 is 17.7 Å². The van der Waals surface area contributed by atoms with Gasteiger partial charge in [-0.2, -0.15) is 11.8 Å².